The largest absolute Gasteiger partial charge is 0.379 e. The van der Waals surface area contributed by atoms with E-state index in [-0.39, 0.29) is 11.1 Å². The average molecular weight is 269 g/mol. The highest BCUT2D eigenvalue weighted by molar-refractivity contribution is 7.16. The number of anilines is 1. The molecule has 0 aliphatic heterocycles. The van der Waals surface area contributed by atoms with Crippen LogP contribution in [0.2, 0.25) is 0 Å². The van der Waals surface area contributed by atoms with E-state index in [9.17, 15) is 10.1 Å². The summed E-state index contributed by atoms with van der Waals surface area (Å²) in [7, 11) is 0. The number of hydrogen-bond acceptors (Lipinski definition) is 6. The van der Waals surface area contributed by atoms with Gasteiger partial charge in [-0.2, -0.15) is 5.26 Å². The minimum absolute atomic E-state index is 0.0173. The van der Waals surface area contributed by atoms with E-state index in [4.69, 9.17) is 10.00 Å². The lowest BCUT2D eigenvalue weighted by molar-refractivity contribution is -0.379. The molecule has 0 spiro atoms. The fraction of sp³-hybridized carbons (Fsp3) is 0.545. The van der Waals surface area contributed by atoms with E-state index >= 15 is 0 Å². The highest BCUT2D eigenvalue weighted by Gasteiger charge is 2.18. The van der Waals surface area contributed by atoms with Crippen LogP contribution in [-0.4, -0.2) is 24.2 Å². The van der Waals surface area contributed by atoms with Crippen molar-refractivity contribution in [2.75, 3.05) is 18.5 Å². The molecule has 0 radical (unpaired) electrons. The predicted molar refractivity (Wildman–Crippen MR) is 69.9 cm³/mol. The van der Waals surface area contributed by atoms with Gasteiger partial charge in [-0.1, -0.05) is 0 Å². The summed E-state index contributed by atoms with van der Waals surface area (Å²) in [5.74, 6) is 0. The Bertz CT molecular complexity index is 451. The molecule has 1 aromatic heterocycles. The fourth-order valence-corrected chi connectivity index (χ4v) is 2.06. The van der Waals surface area contributed by atoms with Gasteiger partial charge in [-0.3, -0.25) is 10.1 Å². The van der Waals surface area contributed by atoms with E-state index in [2.05, 4.69) is 5.32 Å². The zero-order valence-corrected chi connectivity index (χ0v) is 11.1. The van der Waals surface area contributed by atoms with Crippen molar-refractivity contribution in [2.24, 2.45) is 0 Å². The molecular formula is C11H15N3O3S. The first-order chi connectivity index (χ1) is 8.54. The van der Waals surface area contributed by atoms with Crippen LogP contribution < -0.4 is 5.32 Å². The number of ether oxygens (including phenoxy) is 1. The van der Waals surface area contributed by atoms with Gasteiger partial charge in [0.2, 0.25) is 0 Å². The summed E-state index contributed by atoms with van der Waals surface area (Å²) in [4.78, 5) is 10.6. The Morgan fingerprint density at radius 3 is 2.94 bits per heavy atom. The van der Waals surface area contributed by atoms with Gasteiger partial charge in [0.1, 0.15) is 16.6 Å². The summed E-state index contributed by atoms with van der Waals surface area (Å²) in [6, 6.07) is 3.41. The Balaban J connectivity index is 2.49. The molecule has 0 amide bonds. The van der Waals surface area contributed by atoms with Gasteiger partial charge < -0.3 is 10.1 Å². The summed E-state index contributed by atoms with van der Waals surface area (Å²) >= 11 is 0.882. The van der Waals surface area contributed by atoms with Crippen LogP contribution in [0.5, 0.6) is 0 Å². The maximum Gasteiger partial charge on any atom is 0.348 e. The molecule has 0 saturated heterocycles. The standard InChI is InChI=1S/C11H15N3O3S/c1-8(2)17-5-3-4-13-10-6-9(7-12)18-11(10)14(15)16/h6,8,13H,3-5H2,1-2H3. The minimum atomic E-state index is -0.474. The normalized spacial score (nSPS) is 10.3. The fourth-order valence-electron chi connectivity index (χ4n) is 1.31. The third-order valence-corrected chi connectivity index (χ3v) is 3.07. The lowest BCUT2D eigenvalue weighted by Gasteiger charge is -2.07. The first-order valence-corrected chi connectivity index (χ1v) is 6.40. The molecule has 0 aliphatic carbocycles. The van der Waals surface area contributed by atoms with Gasteiger partial charge in [-0.05, 0) is 37.7 Å². The van der Waals surface area contributed by atoms with Crippen LogP contribution in [0.25, 0.3) is 0 Å². The Morgan fingerprint density at radius 1 is 1.67 bits per heavy atom. The van der Waals surface area contributed by atoms with Crippen molar-refractivity contribution in [2.45, 2.75) is 26.4 Å². The summed E-state index contributed by atoms with van der Waals surface area (Å²) in [5, 5.41) is 22.4. The number of nitrogens with one attached hydrogen (secondary N) is 1. The van der Waals surface area contributed by atoms with E-state index in [1.807, 2.05) is 19.9 Å². The zero-order chi connectivity index (χ0) is 13.5. The Morgan fingerprint density at radius 2 is 2.39 bits per heavy atom. The van der Waals surface area contributed by atoms with Crippen LogP contribution in [0.15, 0.2) is 6.07 Å². The molecule has 1 aromatic rings. The Labute approximate surface area is 109 Å². The Hall–Kier alpha value is -1.65. The van der Waals surface area contributed by atoms with Crippen LogP contribution >= 0.6 is 11.3 Å². The second-order valence-corrected chi connectivity index (χ2v) is 4.93. The van der Waals surface area contributed by atoms with Gasteiger partial charge in [-0.25, -0.2) is 0 Å². The molecule has 0 unspecified atom stereocenters. The predicted octanol–water partition coefficient (Wildman–Crippen LogP) is 2.75. The molecule has 1 rings (SSSR count). The molecule has 0 atom stereocenters. The second kappa shape index (κ2) is 6.93. The summed E-state index contributed by atoms with van der Waals surface area (Å²) in [6.45, 7) is 5.09. The van der Waals surface area contributed by atoms with Crippen LogP contribution in [0.1, 0.15) is 25.1 Å². The first kappa shape index (κ1) is 14.4. The van der Waals surface area contributed by atoms with Gasteiger partial charge in [0.15, 0.2) is 0 Å². The number of hydrogen-bond donors (Lipinski definition) is 1. The van der Waals surface area contributed by atoms with Crippen LogP contribution in [-0.2, 0) is 4.74 Å². The number of nitriles is 1. The van der Waals surface area contributed by atoms with Crippen molar-refractivity contribution in [1.29, 1.82) is 5.26 Å². The topological polar surface area (TPSA) is 88.2 Å². The summed E-state index contributed by atoms with van der Waals surface area (Å²) in [6.07, 6.45) is 0.943. The van der Waals surface area contributed by atoms with Gasteiger partial charge in [-0.15, -0.1) is 0 Å². The molecule has 7 heteroatoms. The summed E-state index contributed by atoms with van der Waals surface area (Å²) < 4.78 is 5.36. The third kappa shape index (κ3) is 4.31. The molecule has 18 heavy (non-hydrogen) atoms. The van der Waals surface area contributed by atoms with Gasteiger partial charge in [0, 0.05) is 13.2 Å². The van der Waals surface area contributed by atoms with Crippen molar-refractivity contribution in [3.63, 3.8) is 0 Å². The molecule has 0 fully saturated rings. The van der Waals surface area contributed by atoms with Crippen LogP contribution in [0.4, 0.5) is 10.7 Å². The number of rotatable bonds is 7. The highest BCUT2D eigenvalue weighted by atomic mass is 32.1. The van der Waals surface area contributed by atoms with Crippen LogP contribution in [0.3, 0.4) is 0 Å². The number of nitro groups is 1. The van der Waals surface area contributed by atoms with E-state index in [0.717, 1.165) is 17.8 Å². The second-order valence-electron chi connectivity index (χ2n) is 3.90. The van der Waals surface area contributed by atoms with E-state index in [1.54, 1.807) is 0 Å². The van der Waals surface area contributed by atoms with Gasteiger partial charge >= 0.3 is 5.00 Å². The van der Waals surface area contributed by atoms with Gasteiger partial charge in [0.25, 0.3) is 0 Å². The van der Waals surface area contributed by atoms with Crippen molar-refractivity contribution >= 4 is 22.0 Å². The maximum atomic E-state index is 10.8. The first-order valence-electron chi connectivity index (χ1n) is 5.58. The molecule has 6 nitrogen and oxygen atoms in total. The number of nitrogens with zero attached hydrogens (tertiary/aromatic N) is 2. The minimum Gasteiger partial charge on any atom is -0.379 e. The zero-order valence-electron chi connectivity index (χ0n) is 10.3. The molecule has 0 bridgehead atoms. The molecule has 98 valence electrons. The molecule has 0 saturated carbocycles. The maximum absolute atomic E-state index is 10.8. The Kier molecular flexibility index (Phi) is 5.55. The molecule has 1 N–H and O–H groups in total. The molecule has 1 heterocycles. The third-order valence-electron chi connectivity index (χ3n) is 2.08. The number of thiophene rings is 1. The molecular weight excluding hydrogens is 254 g/mol. The van der Waals surface area contributed by atoms with Crippen LogP contribution in [0, 0.1) is 21.4 Å². The quantitative estimate of drug-likeness (QED) is 0.467. The lowest BCUT2D eigenvalue weighted by atomic mass is 10.4. The smallest absolute Gasteiger partial charge is 0.348 e. The average Bonchev–Trinajstić information content (AvgIpc) is 2.71. The van der Waals surface area contributed by atoms with E-state index in [0.29, 0.717) is 23.7 Å². The SMILES string of the molecule is CC(C)OCCCNc1cc(C#N)sc1[N+](=O)[O-]. The van der Waals surface area contributed by atoms with Crippen molar-refractivity contribution < 1.29 is 9.66 Å². The van der Waals surface area contributed by atoms with E-state index in [1.165, 1.54) is 6.07 Å². The molecule has 0 aliphatic rings. The van der Waals surface area contributed by atoms with Crippen molar-refractivity contribution in [3.05, 3.63) is 21.1 Å². The summed E-state index contributed by atoms with van der Waals surface area (Å²) in [5.41, 5.74) is 0.408. The lowest BCUT2D eigenvalue weighted by Crippen LogP contribution is -2.09. The monoisotopic (exact) mass is 269 g/mol. The highest BCUT2D eigenvalue weighted by Crippen LogP contribution is 2.34. The van der Waals surface area contributed by atoms with E-state index < -0.39 is 4.92 Å². The van der Waals surface area contributed by atoms with Crippen molar-refractivity contribution in [1.82, 2.24) is 0 Å². The van der Waals surface area contributed by atoms with Gasteiger partial charge in [0.05, 0.1) is 11.0 Å². The molecule has 0 aromatic carbocycles. The van der Waals surface area contributed by atoms with Crippen molar-refractivity contribution in [3.8, 4) is 6.07 Å².